The molecule has 1 heterocycles. The number of H-pyrrole nitrogens is 1. The molecule has 1 aromatic heterocycles. The lowest BCUT2D eigenvalue weighted by Gasteiger charge is -2.12. The molecular formula is C13H18N4O2S. The highest BCUT2D eigenvalue weighted by Crippen LogP contribution is 2.28. The lowest BCUT2D eigenvalue weighted by molar-refractivity contribution is 0.294. The van der Waals surface area contributed by atoms with Gasteiger partial charge in [-0.15, -0.1) is 0 Å². The van der Waals surface area contributed by atoms with Gasteiger partial charge in [0, 0.05) is 0 Å². The molecule has 0 saturated heterocycles. The molecule has 0 bridgehead atoms. The van der Waals surface area contributed by atoms with Crippen molar-refractivity contribution >= 4 is 12.2 Å². The number of benzene rings is 1. The van der Waals surface area contributed by atoms with Crippen molar-refractivity contribution in [2.24, 2.45) is 0 Å². The van der Waals surface area contributed by atoms with Crippen molar-refractivity contribution in [3.8, 4) is 11.5 Å². The Kier molecular flexibility index (Phi) is 5.00. The highest BCUT2D eigenvalue weighted by atomic mass is 32.1. The van der Waals surface area contributed by atoms with Crippen LogP contribution in [0.1, 0.15) is 18.9 Å². The van der Waals surface area contributed by atoms with Crippen molar-refractivity contribution in [2.75, 3.05) is 19.1 Å². The van der Waals surface area contributed by atoms with Gasteiger partial charge in [0.2, 0.25) is 4.77 Å². The van der Waals surface area contributed by atoms with Crippen LogP contribution in [0, 0.1) is 4.77 Å². The fourth-order valence-electron chi connectivity index (χ4n) is 1.69. The van der Waals surface area contributed by atoms with E-state index in [1.807, 2.05) is 18.2 Å². The summed E-state index contributed by atoms with van der Waals surface area (Å²) in [5.41, 5.74) is 4.21. The summed E-state index contributed by atoms with van der Waals surface area (Å²) in [6.45, 7) is 3.36. The van der Waals surface area contributed by atoms with Gasteiger partial charge in [0.1, 0.15) is 6.33 Å². The molecule has 2 aromatic rings. The monoisotopic (exact) mass is 294 g/mol. The van der Waals surface area contributed by atoms with E-state index in [9.17, 15) is 0 Å². The molecule has 20 heavy (non-hydrogen) atoms. The van der Waals surface area contributed by atoms with E-state index in [2.05, 4.69) is 22.5 Å². The van der Waals surface area contributed by atoms with Gasteiger partial charge in [-0.1, -0.05) is 13.0 Å². The Morgan fingerprint density at radius 3 is 2.90 bits per heavy atom. The van der Waals surface area contributed by atoms with Crippen LogP contribution in [-0.2, 0) is 6.54 Å². The van der Waals surface area contributed by atoms with Gasteiger partial charge < -0.3 is 14.9 Å². The second kappa shape index (κ2) is 6.95. The average Bonchev–Trinajstić information content (AvgIpc) is 2.88. The largest absolute Gasteiger partial charge is 0.493 e. The van der Waals surface area contributed by atoms with Crippen molar-refractivity contribution in [3.63, 3.8) is 0 Å². The Morgan fingerprint density at radius 1 is 1.40 bits per heavy atom. The molecule has 0 fully saturated rings. The Morgan fingerprint density at radius 2 is 2.25 bits per heavy atom. The topological polar surface area (TPSA) is 64.1 Å². The molecule has 0 saturated carbocycles. The number of aromatic amines is 1. The fraction of sp³-hybridized carbons (Fsp3) is 0.385. The number of methoxy groups -OCH3 is 1. The maximum absolute atomic E-state index is 5.62. The lowest BCUT2D eigenvalue weighted by Crippen LogP contribution is -2.13. The normalized spacial score (nSPS) is 10.3. The molecule has 6 nitrogen and oxygen atoms in total. The summed E-state index contributed by atoms with van der Waals surface area (Å²) in [5, 5.41) is 6.52. The molecule has 0 radical (unpaired) electrons. The molecule has 0 aliphatic carbocycles. The van der Waals surface area contributed by atoms with Crippen LogP contribution in [0.3, 0.4) is 0 Å². The van der Waals surface area contributed by atoms with Gasteiger partial charge in [-0.2, -0.15) is 5.10 Å². The van der Waals surface area contributed by atoms with Crippen molar-refractivity contribution < 1.29 is 9.47 Å². The van der Waals surface area contributed by atoms with E-state index < -0.39 is 0 Å². The van der Waals surface area contributed by atoms with E-state index in [4.69, 9.17) is 21.7 Å². The van der Waals surface area contributed by atoms with Gasteiger partial charge >= 0.3 is 0 Å². The van der Waals surface area contributed by atoms with Gasteiger partial charge in [-0.05, 0) is 36.3 Å². The summed E-state index contributed by atoms with van der Waals surface area (Å²) < 4.78 is 13.1. The number of nitrogens with zero attached hydrogens (tertiary/aromatic N) is 2. The minimum Gasteiger partial charge on any atom is -0.493 e. The van der Waals surface area contributed by atoms with Gasteiger partial charge in [0.25, 0.3) is 0 Å². The van der Waals surface area contributed by atoms with E-state index >= 15 is 0 Å². The third-order valence-electron chi connectivity index (χ3n) is 2.70. The molecule has 0 atom stereocenters. The van der Waals surface area contributed by atoms with Crippen LogP contribution in [0.15, 0.2) is 24.5 Å². The molecule has 0 unspecified atom stereocenters. The maximum Gasteiger partial charge on any atom is 0.214 e. The summed E-state index contributed by atoms with van der Waals surface area (Å²) in [6, 6.07) is 5.85. The third-order valence-corrected chi connectivity index (χ3v) is 2.98. The molecule has 1 aromatic carbocycles. The highest BCUT2D eigenvalue weighted by Gasteiger charge is 2.05. The molecule has 7 heteroatoms. The Bertz CT molecular complexity index is 608. The highest BCUT2D eigenvalue weighted by molar-refractivity contribution is 7.71. The fourth-order valence-corrected chi connectivity index (χ4v) is 1.85. The Balaban J connectivity index is 2.05. The van der Waals surface area contributed by atoms with Crippen LogP contribution in [0.2, 0.25) is 0 Å². The van der Waals surface area contributed by atoms with Crippen LogP contribution < -0.4 is 14.9 Å². The first kappa shape index (κ1) is 14.4. The predicted octanol–water partition coefficient (Wildman–Crippen LogP) is 2.48. The summed E-state index contributed by atoms with van der Waals surface area (Å²) >= 11 is 5.06. The summed E-state index contributed by atoms with van der Waals surface area (Å²) in [7, 11) is 1.64. The number of rotatable bonds is 7. The van der Waals surface area contributed by atoms with Crippen molar-refractivity contribution in [1.82, 2.24) is 14.9 Å². The Labute approximate surface area is 122 Å². The van der Waals surface area contributed by atoms with E-state index in [0.717, 1.165) is 23.5 Å². The third kappa shape index (κ3) is 3.51. The first-order valence-corrected chi connectivity index (χ1v) is 6.81. The van der Waals surface area contributed by atoms with E-state index in [-0.39, 0.29) is 0 Å². The van der Waals surface area contributed by atoms with Crippen LogP contribution >= 0.6 is 12.2 Å². The molecule has 0 amide bonds. The molecule has 0 spiro atoms. The average molecular weight is 294 g/mol. The molecular weight excluding hydrogens is 276 g/mol. The molecule has 0 aliphatic rings. The predicted molar refractivity (Wildman–Crippen MR) is 79.3 cm³/mol. The standard InChI is InChI=1S/C13H18N4O2S/c1-3-6-19-11-5-4-10(7-12(11)18-2)8-15-17-9-14-16-13(17)20/h4-5,7,9,15H,3,6,8H2,1-2H3,(H,16,20). The van der Waals surface area contributed by atoms with Crippen LogP contribution in [0.25, 0.3) is 0 Å². The quantitative estimate of drug-likeness (QED) is 0.768. The van der Waals surface area contributed by atoms with Crippen molar-refractivity contribution in [1.29, 1.82) is 0 Å². The van der Waals surface area contributed by atoms with Crippen molar-refractivity contribution in [2.45, 2.75) is 19.9 Å². The van der Waals surface area contributed by atoms with Gasteiger partial charge in [0.05, 0.1) is 20.3 Å². The maximum atomic E-state index is 5.62. The van der Waals surface area contributed by atoms with Gasteiger partial charge in [-0.25, -0.2) is 4.68 Å². The number of nitrogens with one attached hydrogen (secondary N) is 2. The molecule has 0 aliphatic heterocycles. The smallest absolute Gasteiger partial charge is 0.214 e. The Hall–Kier alpha value is -2.02. The van der Waals surface area contributed by atoms with E-state index in [1.54, 1.807) is 18.1 Å². The molecule has 108 valence electrons. The number of ether oxygens (including phenoxy) is 2. The number of aromatic nitrogens is 3. The van der Waals surface area contributed by atoms with Gasteiger partial charge in [0.15, 0.2) is 11.5 Å². The van der Waals surface area contributed by atoms with Crippen LogP contribution in [-0.4, -0.2) is 28.6 Å². The minimum atomic E-state index is 0.528. The van der Waals surface area contributed by atoms with E-state index in [0.29, 0.717) is 17.9 Å². The number of hydrogen-bond donors (Lipinski definition) is 2. The second-order valence-electron chi connectivity index (χ2n) is 4.20. The summed E-state index contributed by atoms with van der Waals surface area (Å²) in [4.78, 5) is 0. The first-order valence-electron chi connectivity index (χ1n) is 6.40. The molecule has 2 N–H and O–H groups in total. The summed E-state index contributed by atoms with van der Waals surface area (Å²) in [6.07, 6.45) is 2.56. The van der Waals surface area contributed by atoms with Gasteiger partial charge in [-0.3, -0.25) is 5.10 Å². The zero-order valence-electron chi connectivity index (χ0n) is 11.5. The zero-order valence-corrected chi connectivity index (χ0v) is 12.4. The van der Waals surface area contributed by atoms with E-state index in [1.165, 1.54) is 0 Å². The molecule has 2 rings (SSSR count). The minimum absolute atomic E-state index is 0.528. The van der Waals surface area contributed by atoms with Crippen molar-refractivity contribution in [3.05, 3.63) is 34.9 Å². The summed E-state index contributed by atoms with van der Waals surface area (Å²) in [5.74, 6) is 1.49. The zero-order chi connectivity index (χ0) is 14.4. The SMILES string of the molecule is CCCOc1ccc(CNn2cn[nH]c2=S)cc1OC. The lowest BCUT2D eigenvalue weighted by atomic mass is 10.2. The van der Waals surface area contributed by atoms with Crippen LogP contribution in [0.5, 0.6) is 11.5 Å². The number of hydrogen-bond acceptors (Lipinski definition) is 5. The first-order chi connectivity index (χ1) is 9.74. The van der Waals surface area contributed by atoms with Crippen LogP contribution in [0.4, 0.5) is 0 Å². The second-order valence-corrected chi connectivity index (χ2v) is 4.59.